The SMILES string of the molecule is COc1cc(OC)nc(N2CCC[C@@H](N)C2)n1. The summed E-state index contributed by atoms with van der Waals surface area (Å²) < 4.78 is 10.3. The highest BCUT2D eigenvalue weighted by Crippen LogP contribution is 2.22. The topological polar surface area (TPSA) is 73.5 Å². The van der Waals surface area contributed by atoms with Crippen molar-refractivity contribution in [2.45, 2.75) is 18.9 Å². The second-order valence-electron chi connectivity index (χ2n) is 4.10. The molecule has 0 aliphatic carbocycles. The van der Waals surface area contributed by atoms with Gasteiger partial charge in [0.25, 0.3) is 0 Å². The monoisotopic (exact) mass is 238 g/mol. The Kier molecular flexibility index (Phi) is 3.63. The van der Waals surface area contributed by atoms with E-state index in [0.717, 1.165) is 25.9 Å². The Morgan fingerprint density at radius 2 is 1.94 bits per heavy atom. The maximum Gasteiger partial charge on any atom is 0.232 e. The second kappa shape index (κ2) is 5.18. The van der Waals surface area contributed by atoms with E-state index >= 15 is 0 Å². The number of rotatable bonds is 3. The molecule has 1 saturated heterocycles. The largest absolute Gasteiger partial charge is 0.481 e. The van der Waals surface area contributed by atoms with E-state index in [4.69, 9.17) is 15.2 Å². The zero-order valence-electron chi connectivity index (χ0n) is 10.2. The third-order valence-electron chi connectivity index (χ3n) is 2.83. The van der Waals surface area contributed by atoms with Crippen LogP contribution in [-0.4, -0.2) is 43.3 Å². The number of hydrogen-bond donors (Lipinski definition) is 1. The predicted octanol–water partition coefficient (Wildman–Crippen LogP) is 0.421. The first kappa shape index (κ1) is 11.9. The van der Waals surface area contributed by atoms with Gasteiger partial charge in [-0.15, -0.1) is 0 Å². The van der Waals surface area contributed by atoms with Gasteiger partial charge in [-0.05, 0) is 12.8 Å². The molecule has 1 aliphatic heterocycles. The molecule has 1 fully saturated rings. The van der Waals surface area contributed by atoms with Crippen molar-refractivity contribution in [2.75, 3.05) is 32.2 Å². The second-order valence-corrected chi connectivity index (χ2v) is 4.10. The molecule has 1 aromatic heterocycles. The Labute approximate surface area is 101 Å². The number of hydrogen-bond acceptors (Lipinski definition) is 6. The third-order valence-corrected chi connectivity index (χ3v) is 2.83. The first-order valence-corrected chi connectivity index (χ1v) is 5.70. The van der Waals surface area contributed by atoms with Crippen LogP contribution in [0.15, 0.2) is 6.07 Å². The van der Waals surface area contributed by atoms with Crippen molar-refractivity contribution >= 4 is 5.95 Å². The minimum atomic E-state index is 0.185. The maximum atomic E-state index is 5.94. The van der Waals surface area contributed by atoms with Crippen LogP contribution in [0, 0.1) is 0 Å². The normalized spacial score (nSPS) is 20.2. The number of aromatic nitrogens is 2. The molecule has 0 spiro atoms. The lowest BCUT2D eigenvalue weighted by atomic mass is 10.1. The summed E-state index contributed by atoms with van der Waals surface area (Å²) in [4.78, 5) is 10.7. The molecule has 17 heavy (non-hydrogen) atoms. The molecule has 1 atom stereocenters. The molecule has 0 aromatic carbocycles. The van der Waals surface area contributed by atoms with Crippen LogP contribution in [0.1, 0.15) is 12.8 Å². The molecule has 94 valence electrons. The average Bonchev–Trinajstić information content (AvgIpc) is 2.38. The van der Waals surface area contributed by atoms with Gasteiger partial charge in [-0.1, -0.05) is 0 Å². The van der Waals surface area contributed by atoms with Gasteiger partial charge in [-0.2, -0.15) is 9.97 Å². The molecule has 0 bridgehead atoms. The third kappa shape index (κ3) is 2.76. The Hall–Kier alpha value is -1.56. The summed E-state index contributed by atoms with van der Waals surface area (Å²) in [5.74, 6) is 1.63. The Bertz CT molecular complexity index is 363. The number of ether oxygens (including phenoxy) is 2. The van der Waals surface area contributed by atoms with Crippen molar-refractivity contribution in [1.82, 2.24) is 9.97 Å². The van der Waals surface area contributed by atoms with Crippen molar-refractivity contribution in [2.24, 2.45) is 5.73 Å². The molecular formula is C11H18N4O2. The Morgan fingerprint density at radius 1 is 1.29 bits per heavy atom. The fraction of sp³-hybridized carbons (Fsp3) is 0.636. The number of anilines is 1. The molecular weight excluding hydrogens is 220 g/mol. The van der Waals surface area contributed by atoms with Crippen molar-refractivity contribution in [3.63, 3.8) is 0 Å². The van der Waals surface area contributed by atoms with Crippen molar-refractivity contribution in [1.29, 1.82) is 0 Å². The van der Waals surface area contributed by atoms with Crippen LogP contribution in [0.4, 0.5) is 5.95 Å². The lowest BCUT2D eigenvalue weighted by Gasteiger charge is -2.30. The highest BCUT2D eigenvalue weighted by Gasteiger charge is 2.20. The summed E-state index contributed by atoms with van der Waals surface area (Å²) in [6.07, 6.45) is 2.11. The lowest BCUT2D eigenvalue weighted by Crippen LogP contribution is -2.43. The molecule has 0 unspecified atom stereocenters. The van der Waals surface area contributed by atoms with E-state index in [0.29, 0.717) is 17.7 Å². The number of piperidine rings is 1. The fourth-order valence-corrected chi connectivity index (χ4v) is 1.93. The van der Waals surface area contributed by atoms with Crippen LogP contribution < -0.4 is 20.1 Å². The average molecular weight is 238 g/mol. The molecule has 2 heterocycles. The lowest BCUT2D eigenvalue weighted by molar-refractivity contribution is 0.370. The van der Waals surface area contributed by atoms with E-state index in [9.17, 15) is 0 Å². The van der Waals surface area contributed by atoms with Gasteiger partial charge in [0.2, 0.25) is 17.7 Å². The Balaban J connectivity index is 2.23. The number of methoxy groups -OCH3 is 2. The molecule has 6 heteroatoms. The predicted molar refractivity (Wildman–Crippen MR) is 64.6 cm³/mol. The van der Waals surface area contributed by atoms with E-state index < -0.39 is 0 Å². The quantitative estimate of drug-likeness (QED) is 0.822. The van der Waals surface area contributed by atoms with Gasteiger partial charge in [-0.25, -0.2) is 0 Å². The molecule has 2 rings (SSSR count). The molecule has 0 radical (unpaired) electrons. The van der Waals surface area contributed by atoms with Gasteiger partial charge in [0, 0.05) is 19.1 Å². The maximum absolute atomic E-state index is 5.94. The van der Waals surface area contributed by atoms with E-state index in [1.54, 1.807) is 20.3 Å². The van der Waals surface area contributed by atoms with Crippen LogP contribution >= 0.6 is 0 Å². The van der Waals surface area contributed by atoms with Gasteiger partial charge in [0.1, 0.15) is 0 Å². The summed E-state index contributed by atoms with van der Waals surface area (Å²) >= 11 is 0. The summed E-state index contributed by atoms with van der Waals surface area (Å²) in [5, 5.41) is 0. The van der Waals surface area contributed by atoms with Gasteiger partial charge >= 0.3 is 0 Å². The summed E-state index contributed by atoms with van der Waals surface area (Å²) in [7, 11) is 3.15. The van der Waals surface area contributed by atoms with Crippen LogP contribution in [0.3, 0.4) is 0 Å². The van der Waals surface area contributed by atoms with E-state index in [1.807, 2.05) is 0 Å². The smallest absolute Gasteiger partial charge is 0.232 e. The van der Waals surface area contributed by atoms with Crippen LogP contribution in [-0.2, 0) is 0 Å². The summed E-state index contributed by atoms with van der Waals surface area (Å²) in [5.41, 5.74) is 5.94. The highest BCUT2D eigenvalue weighted by atomic mass is 16.5. The molecule has 1 aliphatic rings. The standard InChI is InChI=1S/C11H18N4O2/c1-16-9-6-10(17-2)14-11(13-9)15-5-3-4-8(12)7-15/h6,8H,3-5,7,12H2,1-2H3/t8-/m1/s1. The van der Waals surface area contributed by atoms with E-state index in [1.165, 1.54) is 0 Å². The molecule has 0 amide bonds. The Morgan fingerprint density at radius 3 is 2.47 bits per heavy atom. The minimum absolute atomic E-state index is 0.185. The minimum Gasteiger partial charge on any atom is -0.481 e. The summed E-state index contributed by atoms with van der Waals surface area (Å²) in [6, 6.07) is 1.84. The molecule has 6 nitrogen and oxygen atoms in total. The van der Waals surface area contributed by atoms with Gasteiger partial charge < -0.3 is 20.1 Å². The molecule has 0 saturated carbocycles. The van der Waals surface area contributed by atoms with Gasteiger partial charge in [-0.3, -0.25) is 0 Å². The van der Waals surface area contributed by atoms with E-state index in [-0.39, 0.29) is 6.04 Å². The van der Waals surface area contributed by atoms with E-state index in [2.05, 4.69) is 14.9 Å². The zero-order valence-corrected chi connectivity index (χ0v) is 10.2. The number of nitrogens with zero attached hydrogens (tertiary/aromatic N) is 3. The molecule has 1 aromatic rings. The van der Waals surface area contributed by atoms with Crippen LogP contribution in [0.2, 0.25) is 0 Å². The van der Waals surface area contributed by atoms with Crippen molar-refractivity contribution < 1.29 is 9.47 Å². The van der Waals surface area contributed by atoms with Crippen LogP contribution in [0.25, 0.3) is 0 Å². The van der Waals surface area contributed by atoms with Gasteiger partial charge in [0.05, 0.1) is 20.3 Å². The van der Waals surface area contributed by atoms with Gasteiger partial charge in [0.15, 0.2) is 0 Å². The first-order valence-electron chi connectivity index (χ1n) is 5.70. The fourth-order valence-electron chi connectivity index (χ4n) is 1.93. The summed E-state index contributed by atoms with van der Waals surface area (Å²) in [6.45, 7) is 1.69. The van der Waals surface area contributed by atoms with Crippen molar-refractivity contribution in [3.05, 3.63) is 6.07 Å². The highest BCUT2D eigenvalue weighted by molar-refractivity contribution is 5.37. The molecule has 2 N–H and O–H groups in total. The number of nitrogens with two attached hydrogens (primary N) is 1. The zero-order chi connectivity index (χ0) is 12.3. The first-order chi connectivity index (χ1) is 8.22. The van der Waals surface area contributed by atoms with Crippen molar-refractivity contribution in [3.8, 4) is 11.8 Å². The van der Waals surface area contributed by atoms with Crippen LogP contribution in [0.5, 0.6) is 11.8 Å².